The smallest absolute Gasteiger partial charge is 0.327 e. The molecule has 3 N–H and O–H groups in total. The van der Waals surface area contributed by atoms with Crippen molar-refractivity contribution < 1.29 is 14.7 Å². The predicted molar refractivity (Wildman–Crippen MR) is 77.3 cm³/mol. The van der Waals surface area contributed by atoms with Crippen molar-refractivity contribution in [3.63, 3.8) is 0 Å². The van der Waals surface area contributed by atoms with E-state index >= 15 is 0 Å². The monoisotopic (exact) mass is 313 g/mol. The lowest BCUT2D eigenvalue weighted by molar-refractivity contribution is -0.149. The van der Waals surface area contributed by atoms with Crippen LogP contribution >= 0.6 is 11.8 Å². The topological polar surface area (TPSA) is 114 Å². The Kier molecular flexibility index (Phi) is 4.84. The van der Waals surface area contributed by atoms with E-state index in [9.17, 15) is 14.7 Å². The normalized spacial score (nSPS) is 22.0. The molecule has 1 aliphatic rings. The van der Waals surface area contributed by atoms with Gasteiger partial charge >= 0.3 is 5.97 Å². The zero-order valence-corrected chi connectivity index (χ0v) is 12.8. The molecule has 1 aliphatic heterocycles. The van der Waals surface area contributed by atoms with Crippen molar-refractivity contribution in [2.75, 3.05) is 5.75 Å². The highest BCUT2D eigenvalue weighted by Gasteiger charge is 2.42. The first-order valence-corrected chi connectivity index (χ1v) is 7.73. The summed E-state index contributed by atoms with van der Waals surface area (Å²) >= 11 is 1.50. The van der Waals surface area contributed by atoms with E-state index in [0.717, 1.165) is 0 Å². The number of rotatable bonds is 5. The minimum atomic E-state index is -0.972. The molecule has 0 radical (unpaired) electrons. The summed E-state index contributed by atoms with van der Waals surface area (Å²) in [5.74, 6) is -0.645. The molecular weight excluding hydrogens is 294 g/mol. The van der Waals surface area contributed by atoms with Crippen LogP contribution in [0.4, 0.5) is 0 Å². The molecule has 0 saturated carbocycles. The first-order chi connectivity index (χ1) is 9.93. The van der Waals surface area contributed by atoms with Gasteiger partial charge in [-0.05, 0) is 5.92 Å². The summed E-state index contributed by atoms with van der Waals surface area (Å²) in [6.07, 6.45) is 1.60. The minimum absolute atomic E-state index is 0.0272. The van der Waals surface area contributed by atoms with E-state index in [1.165, 1.54) is 21.3 Å². The minimum Gasteiger partial charge on any atom is -0.480 e. The Morgan fingerprint density at radius 2 is 2.29 bits per heavy atom. The van der Waals surface area contributed by atoms with Gasteiger partial charge in [0.15, 0.2) is 0 Å². The van der Waals surface area contributed by atoms with Gasteiger partial charge in [0.25, 0.3) is 0 Å². The summed E-state index contributed by atoms with van der Waals surface area (Å²) in [6.45, 7) is 4.18. The Bertz CT molecular complexity index is 533. The van der Waals surface area contributed by atoms with Crippen LogP contribution < -0.4 is 5.73 Å². The number of aliphatic carboxylic acids is 1. The molecule has 2 heterocycles. The number of carbonyl (C=O) groups is 2. The molecule has 1 saturated heterocycles. The Balaban J connectivity index is 2.14. The van der Waals surface area contributed by atoms with E-state index in [4.69, 9.17) is 5.73 Å². The summed E-state index contributed by atoms with van der Waals surface area (Å²) in [4.78, 5) is 25.3. The fraction of sp³-hybridized carbons (Fsp3) is 0.667. The number of hydrogen-bond acceptors (Lipinski definition) is 6. The summed E-state index contributed by atoms with van der Waals surface area (Å²) in [5.41, 5.74) is 6.04. The van der Waals surface area contributed by atoms with Crippen molar-refractivity contribution in [1.29, 1.82) is 0 Å². The second-order valence-electron chi connectivity index (χ2n) is 5.23. The van der Waals surface area contributed by atoms with E-state index in [0.29, 0.717) is 11.4 Å². The van der Waals surface area contributed by atoms with Crippen LogP contribution in [0.2, 0.25) is 0 Å². The summed E-state index contributed by atoms with van der Waals surface area (Å²) < 4.78 is 1.39. The maximum absolute atomic E-state index is 12.5. The predicted octanol–water partition coefficient (Wildman–Crippen LogP) is -0.252. The van der Waals surface area contributed by atoms with Gasteiger partial charge in [-0.15, -0.1) is 16.9 Å². The molecule has 116 valence electrons. The third kappa shape index (κ3) is 3.35. The second kappa shape index (κ2) is 6.44. The molecule has 8 nitrogen and oxygen atoms in total. The van der Waals surface area contributed by atoms with Gasteiger partial charge in [-0.1, -0.05) is 19.1 Å². The first-order valence-electron chi connectivity index (χ1n) is 6.68. The average Bonchev–Trinajstić information content (AvgIpc) is 3.04. The van der Waals surface area contributed by atoms with Gasteiger partial charge in [0.05, 0.1) is 17.3 Å². The molecule has 0 bridgehead atoms. The fourth-order valence-corrected chi connectivity index (χ4v) is 3.77. The van der Waals surface area contributed by atoms with Crippen LogP contribution in [-0.4, -0.2) is 54.0 Å². The van der Waals surface area contributed by atoms with Crippen LogP contribution in [0.3, 0.4) is 0 Å². The molecule has 0 spiro atoms. The number of carboxylic acid groups (broad SMARTS) is 1. The quantitative estimate of drug-likeness (QED) is 0.770. The van der Waals surface area contributed by atoms with Crippen LogP contribution in [0.25, 0.3) is 0 Å². The zero-order chi connectivity index (χ0) is 15.6. The molecule has 2 atom stereocenters. The summed E-state index contributed by atoms with van der Waals surface area (Å²) in [6, 6.07) is -0.785. The Hall–Kier alpha value is -1.61. The van der Waals surface area contributed by atoms with Gasteiger partial charge in [-0.25, -0.2) is 9.48 Å². The molecule has 1 fully saturated rings. The van der Waals surface area contributed by atoms with Gasteiger partial charge in [0, 0.05) is 12.3 Å². The van der Waals surface area contributed by atoms with E-state index in [2.05, 4.69) is 10.3 Å². The van der Waals surface area contributed by atoms with E-state index in [-0.39, 0.29) is 30.3 Å². The summed E-state index contributed by atoms with van der Waals surface area (Å²) in [7, 11) is 0. The van der Waals surface area contributed by atoms with Crippen LogP contribution in [-0.2, 0) is 22.7 Å². The molecule has 21 heavy (non-hydrogen) atoms. The Labute approximate surface area is 126 Å². The molecule has 2 unspecified atom stereocenters. The fourth-order valence-electron chi connectivity index (χ4n) is 2.28. The lowest BCUT2D eigenvalue weighted by atomic mass is 10.1. The number of aromatic nitrogens is 3. The molecule has 1 amide bonds. The number of nitrogens with two attached hydrogens (primary N) is 1. The van der Waals surface area contributed by atoms with Gasteiger partial charge in [-0.3, -0.25) is 4.79 Å². The molecule has 0 aromatic carbocycles. The Morgan fingerprint density at radius 1 is 1.57 bits per heavy atom. The molecule has 1 aromatic heterocycles. The maximum Gasteiger partial charge on any atom is 0.327 e. The van der Waals surface area contributed by atoms with Crippen molar-refractivity contribution in [3.05, 3.63) is 11.9 Å². The number of hydrogen-bond donors (Lipinski definition) is 2. The van der Waals surface area contributed by atoms with Crippen molar-refractivity contribution in [2.45, 2.75) is 38.4 Å². The van der Waals surface area contributed by atoms with Gasteiger partial charge < -0.3 is 15.7 Å². The molecule has 9 heteroatoms. The summed E-state index contributed by atoms with van der Waals surface area (Å²) in [5, 5.41) is 16.8. The van der Waals surface area contributed by atoms with Crippen molar-refractivity contribution in [1.82, 2.24) is 19.9 Å². The van der Waals surface area contributed by atoms with Crippen molar-refractivity contribution in [2.24, 2.45) is 11.7 Å². The third-order valence-corrected chi connectivity index (χ3v) is 4.89. The molecular formula is C12H19N5O3S. The first kappa shape index (κ1) is 15.8. The standard InChI is InChI=1S/C12H19N5O3S/c1-7(2)11-17(9(6-21-11)12(19)20)10(18)5-16-4-8(3-13)14-15-16/h4,7,9,11H,3,5-6,13H2,1-2H3,(H,19,20). The number of carboxylic acids is 1. The molecule has 0 aliphatic carbocycles. The lowest BCUT2D eigenvalue weighted by Crippen LogP contribution is -2.48. The van der Waals surface area contributed by atoms with Crippen molar-refractivity contribution >= 4 is 23.6 Å². The lowest BCUT2D eigenvalue weighted by Gasteiger charge is -2.29. The van der Waals surface area contributed by atoms with Crippen LogP contribution in [0, 0.1) is 5.92 Å². The number of nitrogens with zero attached hydrogens (tertiary/aromatic N) is 4. The maximum atomic E-state index is 12.5. The molecule has 1 aromatic rings. The van der Waals surface area contributed by atoms with Gasteiger partial charge in [0.2, 0.25) is 5.91 Å². The third-order valence-electron chi connectivity index (χ3n) is 3.27. The van der Waals surface area contributed by atoms with Crippen molar-refractivity contribution in [3.8, 4) is 0 Å². The van der Waals surface area contributed by atoms with Crippen LogP contribution in [0.5, 0.6) is 0 Å². The Morgan fingerprint density at radius 3 is 2.81 bits per heavy atom. The molecule has 2 rings (SSSR count). The highest BCUT2D eigenvalue weighted by molar-refractivity contribution is 8.00. The second-order valence-corrected chi connectivity index (χ2v) is 6.38. The van der Waals surface area contributed by atoms with Crippen LogP contribution in [0.1, 0.15) is 19.5 Å². The number of thioether (sulfide) groups is 1. The number of amides is 1. The van der Waals surface area contributed by atoms with E-state index in [1.54, 1.807) is 6.20 Å². The SMILES string of the molecule is CC(C)C1SCC(C(=O)O)N1C(=O)Cn1cc(CN)nn1. The van der Waals surface area contributed by atoms with Gasteiger partial charge in [0.1, 0.15) is 12.6 Å². The van der Waals surface area contributed by atoms with Gasteiger partial charge in [-0.2, -0.15) is 0 Å². The van der Waals surface area contributed by atoms with Crippen LogP contribution in [0.15, 0.2) is 6.20 Å². The highest BCUT2D eigenvalue weighted by atomic mass is 32.2. The van der Waals surface area contributed by atoms with E-state index in [1.807, 2.05) is 13.8 Å². The average molecular weight is 313 g/mol. The van der Waals surface area contributed by atoms with E-state index < -0.39 is 12.0 Å². The largest absolute Gasteiger partial charge is 0.480 e. The zero-order valence-electron chi connectivity index (χ0n) is 12.0. The highest BCUT2D eigenvalue weighted by Crippen LogP contribution is 2.34. The number of carbonyl (C=O) groups excluding carboxylic acids is 1.